The lowest BCUT2D eigenvalue weighted by Gasteiger charge is -2.39. The molecule has 206 valence electrons. The summed E-state index contributed by atoms with van der Waals surface area (Å²) in [7, 11) is 0. The van der Waals surface area contributed by atoms with Crippen molar-refractivity contribution < 1.29 is 37.5 Å². The summed E-state index contributed by atoms with van der Waals surface area (Å²) >= 11 is 0. The summed E-state index contributed by atoms with van der Waals surface area (Å²) in [6.45, 7) is 1.07. The normalized spacial score (nSPS) is 21.6. The Balaban J connectivity index is 1.21. The molecule has 3 heterocycles. The highest BCUT2D eigenvalue weighted by Gasteiger charge is 2.54. The third-order valence-corrected chi connectivity index (χ3v) is 7.59. The second-order valence-electron chi connectivity index (χ2n) is 10.2. The van der Waals surface area contributed by atoms with Gasteiger partial charge in [-0.2, -0.15) is 13.2 Å². The van der Waals surface area contributed by atoms with Crippen LogP contribution in [0.1, 0.15) is 57.5 Å². The number of imide groups is 2. The van der Waals surface area contributed by atoms with Crippen LogP contribution in [0.2, 0.25) is 0 Å². The third-order valence-electron chi connectivity index (χ3n) is 7.59. The number of halogens is 3. The molecule has 0 bridgehead atoms. The van der Waals surface area contributed by atoms with Crippen LogP contribution in [0.25, 0.3) is 0 Å². The van der Waals surface area contributed by atoms with Crippen LogP contribution in [0.4, 0.5) is 18.9 Å². The van der Waals surface area contributed by atoms with E-state index in [1.807, 2.05) is 29.2 Å². The number of anilines is 1. The lowest BCUT2D eigenvalue weighted by atomic mass is 9.90. The molecule has 5 rings (SSSR count). The van der Waals surface area contributed by atoms with Gasteiger partial charge in [0.15, 0.2) is 5.60 Å². The first-order chi connectivity index (χ1) is 18.5. The largest absolute Gasteiger partial charge is 0.417 e. The number of nitrogens with one attached hydrogen (secondary N) is 2. The van der Waals surface area contributed by atoms with E-state index in [4.69, 9.17) is 0 Å². The maximum atomic E-state index is 13.2. The first kappa shape index (κ1) is 26.8. The molecule has 2 fully saturated rings. The molecule has 3 aliphatic rings. The number of hydrogen-bond acceptors (Lipinski definition) is 7. The van der Waals surface area contributed by atoms with E-state index in [9.17, 15) is 37.5 Å². The molecule has 2 aromatic rings. The zero-order valence-corrected chi connectivity index (χ0v) is 20.9. The van der Waals surface area contributed by atoms with E-state index in [1.165, 1.54) is 6.07 Å². The molecule has 9 nitrogen and oxygen atoms in total. The number of carbonyl (C=O) groups excluding carboxylic acids is 4. The van der Waals surface area contributed by atoms with Crippen LogP contribution in [0, 0.1) is 0 Å². The Bertz CT molecular complexity index is 1320. The molecule has 3 N–H and O–H groups in total. The van der Waals surface area contributed by atoms with Crippen molar-refractivity contribution in [1.29, 1.82) is 0 Å². The van der Waals surface area contributed by atoms with Crippen molar-refractivity contribution in [1.82, 2.24) is 15.1 Å². The second kappa shape index (κ2) is 10.1. The fourth-order valence-corrected chi connectivity index (χ4v) is 5.24. The predicted molar refractivity (Wildman–Crippen MR) is 132 cm³/mol. The highest BCUT2D eigenvalue weighted by molar-refractivity contribution is 6.25. The highest BCUT2D eigenvalue weighted by Crippen LogP contribution is 2.38. The van der Waals surface area contributed by atoms with Crippen molar-refractivity contribution in [2.75, 3.05) is 18.4 Å². The number of nitrogens with zero attached hydrogens (tertiary/aromatic N) is 2. The second-order valence-corrected chi connectivity index (χ2v) is 10.2. The molecule has 1 atom stereocenters. The van der Waals surface area contributed by atoms with Crippen LogP contribution >= 0.6 is 0 Å². The first-order valence-electron chi connectivity index (χ1n) is 12.6. The predicted octanol–water partition coefficient (Wildman–Crippen LogP) is 2.59. The van der Waals surface area contributed by atoms with Crippen LogP contribution in [0.3, 0.4) is 0 Å². The van der Waals surface area contributed by atoms with Crippen LogP contribution in [0.15, 0.2) is 42.5 Å². The van der Waals surface area contributed by atoms with Gasteiger partial charge in [-0.15, -0.1) is 0 Å². The Morgan fingerprint density at radius 2 is 1.64 bits per heavy atom. The van der Waals surface area contributed by atoms with Gasteiger partial charge in [-0.3, -0.25) is 34.3 Å². The van der Waals surface area contributed by atoms with Gasteiger partial charge < -0.3 is 10.4 Å². The molecule has 4 amide bonds. The van der Waals surface area contributed by atoms with E-state index in [2.05, 4.69) is 10.6 Å². The van der Waals surface area contributed by atoms with Crippen LogP contribution in [-0.2, 0) is 22.7 Å². The van der Waals surface area contributed by atoms with Crippen molar-refractivity contribution in [3.8, 4) is 0 Å². The monoisotopic (exact) mass is 544 g/mol. The molecule has 0 aromatic heterocycles. The van der Waals surface area contributed by atoms with Gasteiger partial charge in [-0.1, -0.05) is 30.3 Å². The van der Waals surface area contributed by atoms with E-state index >= 15 is 0 Å². The number of aliphatic hydroxyl groups is 1. The number of amides is 4. The van der Waals surface area contributed by atoms with E-state index in [-0.39, 0.29) is 49.9 Å². The number of rotatable bonds is 6. The van der Waals surface area contributed by atoms with Gasteiger partial charge in [0.05, 0.1) is 11.1 Å². The van der Waals surface area contributed by atoms with Crippen molar-refractivity contribution in [2.24, 2.45) is 0 Å². The molecule has 39 heavy (non-hydrogen) atoms. The maximum absolute atomic E-state index is 13.2. The summed E-state index contributed by atoms with van der Waals surface area (Å²) < 4.78 is 39.1. The third kappa shape index (κ3) is 5.13. The highest BCUT2D eigenvalue weighted by atomic mass is 19.4. The number of alkyl halides is 3. The molecule has 0 saturated carbocycles. The summed E-state index contributed by atoms with van der Waals surface area (Å²) in [5, 5.41) is 15.2. The number of hydrogen-bond donors (Lipinski definition) is 3. The smallest absolute Gasteiger partial charge is 0.380 e. The Morgan fingerprint density at radius 3 is 2.28 bits per heavy atom. The minimum Gasteiger partial charge on any atom is -0.380 e. The molecule has 2 saturated heterocycles. The molecule has 3 aliphatic heterocycles. The number of carbonyl (C=O) groups is 4. The molecule has 2 aromatic carbocycles. The van der Waals surface area contributed by atoms with Crippen molar-refractivity contribution in [2.45, 2.75) is 56.6 Å². The number of likely N-dealkylation sites (tertiary alicyclic amines) is 1. The van der Waals surface area contributed by atoms with Gasteiger partial charge in [0.1, 0.15) is 6.04 Å². The van der Waals surface area contributed by atoms with Gasteiger partial charge in [0.25, 0.3) is 11.8 Å². The van der Waals surface area contributed by atoms with Crippen LogP contribution < -0.4 is 10.6 Å². The summed E-state index contributed by atoms with van der Waals surface area (Å²) in [6, 6.07) is 11.3. The topological polar surface area (TPSA) is 119 Å². The Labute approximate surface area is 222 Å². The summed E-state index contributed by atoms with van der Waals surface area (Å²) in [5.41, 5.74) is -0.0359. The quantitative estimate of drug-likeness (QED) is 0.479. The van der Waals surface area contributed by atoms with Gasteiger partial charge >= 0.3 is 6.18 Å². The van der Waals surface area contributed by atoms with E-state index in [0.717, 1.165) is 16.0 Å². The Morgan fingerprint density at radius 1 is 0.974 bits per heavy atom. The molecule has 0 aliphatic carbocycles. The van der Waals surface area contributed by atoms with E-state index < -0.39 is 41.4 Å². The fraction of sp³-hybridized carbons (Fsp3) is 0.407. The number of piperidine rings is 2. The Kier molecular flexibility index (Phi) is 6.93. The SMILES string of the molecule is O=C1CCC(N2C(=O)c3cccc(NCc4ccc(CN5CCC(O)(C(F)(F)F)CC5)cc4)c3C2=O)C(=O)N1. The molecule has 12 heteroatoms. The molecule has 0 radical (unpaired) electrons. The number of benzene rings is 2. The lowest BCUT2D eigenvalue weighted by molar-refractivity contribution is -0.272. The zero-order valence-electron chi connectivity index (χ0n) is 20.9. The Hall–Kier alpha value is -3.77. The van der Waals surface area contributed by atoms with Crippen molar-refractivity contribution in [3.63, 3.8) is 0 Å². The van der Waals surface area contributed by atoms with Gasteiger partial charge in [0.2, 0.25) is 11.8 Å². The summed E-state index contributed by atoms with van der Waals surface area (Å²) in [6.07, 6.45) is -5.23. The zero-order chi connectivity index (χ0) is 27.9. The molecular weight excluding hydrogens is 517 g/mol. The molecule has 0 spiro atoms. The van der Waals surface area contributed by atoms with E-state index in [1.54, 1.807) is 12.1 Å². The van der Waals surface area contributed by atoms with E-state index in [0.29, 0.717) is 18.8 Å². The average Bonchev–Trinajstić information content (AvgIpc) is 3.15. The molecular formula is C27H27F3N4O5. The van der Waals surface area contributed by atoms with Crippen LogP contribution in [-0.4, -0.2) is 69.4 Å². The minimum atomic E-state index is -4.63. The molecule has 1 unspecified atom stereocenters. The maximum Gasteiger partial charge on any atom is 0.417 e. The minimum absolute atomic E-state index is 0.0401. The standard InChI is InChI=1S/C27H27F3N4O5/c28-27(29,30)26(39)10-12-33(13-11-26)15-17-6-4-16(5-7-17)14-31-19-3-1-2-18-22(19)25(38)34(24(18)37)20-8-9-21(35)32-23(20)36/h1-7,20,31,39H,8-15H2,(H,32,35,36). The number of fused-ring (bicyclic) bond motifs is 1. The van der Waals surface area contributed by atoms with Crippen molar-refractivity contribution in [3.05, 3.63) is 64.7 Å². The van der Waals surface area contributed by atoms with Gasteiger partial charge in [0, 0.05) is 38.3 Å². The fourth-order valence-electron chi connectivity index (χ4n) is 5.24. The first-order valence-corrected chi connectivity index (χ1v) is 12.6. The summed E-state index contributed by atoms with van der Waals surface area (Å²) in [4.78, 5) is 52.8. The van der Waals surface area contributed by atoms with Gasteiger partial charge in [-0.05, 0) is 42.5 Å². The van der Waals surface area contributed by atoms with Gasteiger partial charge in [-0.25, -0.2) is 0 Å². The lowest BCUT2D eigenvalue weighted by Crippen LogP contribution is -2.54. The average molecular weight is 545 g/mol. The van der Waals surface area contributed by atoms with Crippen LogP contribution in [0.5, 0.6) is 0 Å². The van der Waals surface area contributed by atoms with Crippen molar-refractivity contribution >= 4 is 29.3 Å². The summed E-state index contributed by atoms with van der Waals surface area (Å²) in [5.74, 6) is -2.28.